The SMILES string of the molecule is C#CCN(CC(C)C(=O)O)c1ccc(Cl)cn1. The maximum absolute atomic E-state index is 10.8. The molecule has 1 unspecified atom stereocenters. The van der Waals surface area contributed by atoms with Crippen molar-refractivity contribution in [3.8, 4) is 12.3 Å². The monoisotopic (exact) mass is 252 g/mol. The first-order chi connectivity index (χ1) is 8.04. The lowest BCUT2D eigenvalue weighted by Crippen LogP contribution is -2.32. The minimum Gasteiger partial charge on any atom is -0.481 e. The number of aromatic nitrogens is 1. The molecule has 0 spiro atoms. The summed E-state index contributed by atoms with van der Waals surface area (Å²) in [5, 5.41) is 9.40. The maximum atomic E-state index is 10.8. The second-order valence-electron chi connectivity index (χ2n) is 3.66. The first-order valence-corrected chi connectivity index (χ1v) is 5.45. The molecule has 0 aliphatic carbocycles. The van der Waals surface area contributed by atoms with E-state index in [4.69, 9.17) is 23.1 Å². The number of rotatable bonds is 5. The number of hydrogen-bond acceptors (Lipinski definition) is 3. The van der Waals surface area contributed by atoms with Gasteiger partial charge in [-0.15, -0.1) is 6.42 Å². The maximum Gasteiger partial charge on any atom is 0.308 e. The summed E-state index contributed by atoms with van der Waals surface area (Å²) in [7, 11) is 0. The van der Waals surface area contributed by atoms with Crippen molar-refractivity contribution in [2.24, 2.45) is 5.92 Å². The van der Waals surface area contributed by atoms with E-state index in [1.165, 1.54) is 6.20 Å². The van der Waals surface area contributed by atoms with Gasteiger partial charge in [0, 0.05) is 12.7 Å². The van der Waals surface area contributed by atoms with Gasteiger partial charge in [-0.05, 0) is 12.1 Å². The standard InChI is InChI=1S/C12H13ClN2O2/c1-3-6-15(8-9(2)12(16)17)11-5-4-10(13)7-14-11/h1,4-5,7,9H,6,8H2,2H3,(H,16,17). The van der Waals surface area contributed by atoms with Crippen molar-refractivity contribution >= 4 is 23.4 Å². The highest BCUT2D eigenvalue weighted by Gasteiger charge is 2.16. The summed E-state index contributed by atoms with van der Waals surface area (Å²) in [6, 6.07) is 3.41. The van der Waals surface area contributed by atoms with Crippen LogP contribution in [-0.2, 0) is 4.79 Å². The van der Waals surface area contributed by atoms with Gasteiger partial charge in [0.25, 0.3) is 0 Å². The van der Waals surface area contributed by atoms with Gasteiger partial charge in [0.15, 0.2) is 0 Å². The van der Waals surface area contributed by atoms with Gasteiger partial charge in [-0.1, -0.05) is 24.4 Å². The normalized spacial score (nSPS) is 11.6. The summed E-state index contributed by atoms with van der Waals surface area (Å²) >= 11 is 5.73. The second-order valence-corrected chi connectivity index (χ2v) is 4.09. The molecule has 0 saturated carbocycles. The van der Waals surface area contributed by atoms with Crippen LogP contribution in [0.25, 0.3) is 0 Å². The molecule has 0 fully saturated rings. The lowest BCUT2D eigenvalue weighted by Gasteiger charge is -2.23. The summed E-state index contributed by atoms with van der Waals surface area (Å²) in [4.78, 5) is 16.7. The largest absolute Gasteiger partial charge is 0.481 e. The van der Waals surface area contributed by atoms with Crippen molar-refractivity contribution in [1.82, 2.24) is 4.98 Å². The van der Waals surface area contributed by atoms with E-state index in [1.54, 1.807) is 24.0 Å². The molecule has 0 aliphatic rings. The first-order valence-electron chi connectivity index (χ1n) is 5.07. The summed E-state index contributed by atoms with van der Waals surface area (Å²) in [5.41, 5.74) is 0. The predicted molar refractivity (Wildman–Crippen MR) is 67.1 cm³/mol. The molecule has 1 rings (SSSR count). The van der Waals surface area contributed by atoms with Crippen molar-refractivity contribution in [2.75, 3.05) is 18.0 Å². The Morgan fingerprint density at radius 3 is 2.88 bits per heavy atom. The van der Waals surface area contributed by atoms with Crippen LogP contribution in [0, 0.1) is 18.3 Å². The van der Waals surface area contributed by atoms with E-state index in [0.29, 0.717) is 23.9 Å². The van der Waals surface area contributed by atoms with Crippen LogP contribution in [0.5, 0.6) is 0 Å². The smallest absolute Gasteiger partial charge is 0.308 e. The highest BCUT2D eigenvalue weighted by molar-refractivity contribution is 6.30. The molecule has 0 aliphatic heterocycles. The fourth-order valence-corrected chi connectivity index (χ4v) is 1.42. The topological polar surface area (TPSA) is 53.4 Å². The molecule has 1 N–H and O–H groups in total. The minimum absolute atomic E-state index is 0.312. The third-order valence-electron chi connectivity index (χ3n) is 2.23. The molecule has 0 radical (unpaired) electrons. The Morgan fingerprint density at radius 2 is 2.41 bits per heavy atom. The van der Waals surface area contributed by atoms with Gasteiger partial charge in [0.05, 0.1) is 17.5 Å². The van der Waals surface area contributed by atoms with Crippen LogP contribution in [0.3, 0.4) is 0 Å². The lowest BCUT2D eigenvalue weighted by molar-refractivity contribution is -0.140. The molecule has 1 atom stereocenters. The molecule has 1 heterocycles. The van der Waals surface area contributed by atoms with Crippen LogP contribution in [0.1, 0.15) is 6.92 Å². The van der Waals surface area contributed by atoms with Gasteiger partial charge >= 0.3 is 5.97 Å². The van der Waals surface area contributed by atoms with Crippen molar-refractivity contribution in [2.45, 2.75) is 6.92 Å². The minimum atomic E-state index is -0.860. The zero-order valence-corrected chi connectivity index (χ0v) is 10.2. The average molecular weight is 253 g/mol. The van der Waals surface area contributed by atoms with Gasteiger partial charge in [0.1, 0.15) is 5.82 Å². The van der Waals surface area contributed by atoms with Gasteiger partial charge in [-0.25, -0.2) is 4.98 Å². The molecule has 0 amide bonds. The summed E-state index contributed by atoms with van der Waals surface area (Å²) in [6.07, 6.45) is 6.76. The van der Waals surface area contributed by atoms with Gasteiger partial charge < -0.3 is 10.0 Å². The molecule has 0 aromatic carbocycles. The van der Waals surface area contributed by atoms with Crippen LogP contribution in [0.2, 0.25) is 5.02 Å². The van der Waals surface area contributed by atoms with E-state index >= 15 is 0 Å². The van der Waals surface area contributed by atoms with Crippen molar-refractivity contribution < 1.29 is 9.90 Å². The number of carboxylic acid groups (broad SMARTS) is 1. The van der Waals surface area contributed by atoms with E-state index in [-0.39, 0.29) is 0 Å². The molecule has 5 heteroatoms. The molecule has 4 nitrogen and oxygen atoms in total. The number of aliphatic carboxylic acids is 1. The number of nitrogens with zero attached hydrogens (tertiary/aromatic N) is 2. The lowest BCUT2D eigenvalue weighted by atomic mass is 10.1. The Labute approximate surface area is 105 Å². The molecular formula is C12H13ClN2O2. The zero-order chi connectivity index (χ0) is 12.8. The van der Waals surface area contributed by atoms with E-state index < -0.39 is 11.9 Å². The molecule has 90 valence electrons. The second kappa shape index (κ2) is 6.12. The highest BCUT2D eigenvalue weighted by Crippen LogP contribution is 2.15. The third kappa shape index (κ3) is 3.97. The number of terminal acetylenes is 1. The average Bonchev–Trinajstić information content (AvgIpc) is 2.29. The Hall–Kier alpha value is -1.73. The summed E-state index contributed by atoms with van der Waals surface area (Å²) in [5.74, 6) is 1.74. The van der Waals surface area contributed by atoms with Gasteiger partial charge in [0.2, 0.25) is 0 Å². The van der Waals surface area contributed by atoms with Gasteiger partial charge in [-0.2, -0.15) is 0 Å². The Kier molecular flexibility index (Phi) is 4.80. The summed E-state index contributed by atoms with van der Waals surface area (Å²) in [6.45, 7) is 2.25. The quantitative estimate of drug-likeness (QED) is 0.814. The van der Waals surface area contributed by atoms with Crippen LogP contribution in [-0.4, -0.2) is 29.1 Å². The van der Waals surface area contributed by atoms with Crippen LogP contribution >= 0.6 is 11.6 Å². The molecule has 0 saturated heterocycles. The highest BCUT2D eigenvalue weighted by atomic mass is 35.5. The van der Waals surface area contributed by atoms with Crippen LogP contribution in [0.4, 0.5) is 5.82 Å². The fourth-order valence-electron chi connectivity index (χ4n) is 1.31. The van der Waals surface area contributed by atoms with E-state index in [9.17, 15) is 4.79 Å². The number of hydrogen-bond donors (Lipinski definition) is 1. The van der Waals surface area contributed by atoms with Crippen LogP contribution in [0.15, 0.2) is 18.3 Å². The van der Waals surface area contributed by atoms with Crippen molar-refractivity contribution in [3.05, 3.63) is 23.4 Å². The Bertz CT molecular complexity index is 425. The Balaban J connectivity index is 2.82. The number of anilines is 1. The predicted octanol–water partition coefficient (Wildman–Crippen LogP) is 1.90. The molecule has 1 aromatic heterocycles. The molecule has 17 heavy (non-hydrogen) atoms. The van der Waals surface area contributed by atoms with Crippen molar-refractivity contribution in [3.63, 3.8) is 0 Å². The molecular weight excluding hydrogens is 240 g/mol. The summed E-state index contributed by atoms with van der Waals surface area (Å²) < 4.78 is 0. The van der Waals surface area contributed by atoms with Crippen molar-refractivity contribution in [1.29, 1.82) is 0 Å². The molecule has 1 aromatic rings. The van der Waals surface area contributed by atoms with Crippen LogP contribution < -0.4 is 4.90 Å². The number of halogens is 1. The fraction of sp³-hybridized carbons (Fsp3) is 0.333. The van der Waals surface area contributed by atoms with E-state index in [1.807, 2.05) is 0 Å². The first kappa shape index (κ1) is 13.3. The number of carboxylic acids is 1. The van der Waals surface area contributed by atoms with E-state index in [0.717, 1.165) is 0 Å². The molecule has 0 bridgehead atoms. The zero-order valence-electron chi connectivity index (χ0n) is 9.43. The van der Waals surface area contributed by atoms with Gasteiger partial charge in [-0.3, -0.25) is 4.79 Å². The van der Waals surface area contributed by atoms with E-state index in [2.05, 4.69) is 10.9 Å². The third-order valence-corrected chi connectivity index (χ3v) is 2.46. The number of carbonyl (C=O) groups is 1. The Morgan fingerprint density at radius 1 is 1.71 bits per heavy atom. The number of pyridine rings is 1.